The minimum absolute atomic E-state index is 0.0904. The molecular weight excluding hydrogens is 391 g/mol. The monoisotopic (exact) mass is 424 g/mol. The first-order valence-corrected chi connectivity index (χ1v) is 11.6. The Morgan fingerprint density at radius 1 is 1.00 bits per heavy atom. The van der Waals surface area contributed by atoms with Crippen molar-refractivity contribution >= 4 is 11.6 Å². The van der Waals surface area contributed by atoms with Gasteiger partial charge in [0.1, 0.15) is 5.78 Å². The van der Waals surface area contributed by atoms with Crippen molar-refractivity contribution in [2.75, 3.05) is 6.67 Å². The second-order valence-electron chi connectivity index (χ2n) is 8.70. The third-order valence-corrected chi connectivity index (χ3v) is 6.45. The summed E-state index contributed by atoms with van der Waals surface area (Å²) in [6, 6.07) is 7.76. The molecule has 166 valence electrons. The van der Waals surface area contributed by atoms with Gasteiger partial charge in [0.15, 0.2) is 5.82 Å². The lowest BCUT2D eigenvalue weighted by atomic mass is 9.77. The van der Waals surface area contributed by atoms with Crippen molar-refractivity contribution in [2.24, 2.45) is 5.92 Å². The van der Waals surface area contributed by atoms with Crippen LogP contribution in [0, 0.1) is 5.92 Å². The van der Waals surface area contributed by atoms with Crippen LogP contribution in [0.15, 0.2) is 36.7 Å². The third-order valence-electron chi connectivity index (χ3n) is 6.45. The van der Waals surface area contributed by atoms with Gasteiger partial charge >= 0.3 is 0 Å². The zero-order valence-corrected chi connectivity index (χ0v) is 18.5. The van der Waals surface area contributed by atoms with Crippen LogP contribution in [-0.2, 0) is 17.6 Å². The van der Waals surface area contributed by atoms with Gasteiger partial charge in [-0.1, -0.05) is 31.2 Å². The molecule has 1 heterocycles. The van der Waals surface area contributed by atoms with E-state index in [0.717, 1.165) is 48.8 Å². The third kappa shape index (κ3) is 7.05. The van der Waals surface area contributed by atoms with E-state index in [4.69, 9.17) is 0 Å². The molecule has 4 nitrogen and oxygen atoms in total. The van der Waals surface area contributed by atoms with E-state index in [9.17, 15) is 14.0 Å². The maximum Gasteiger partial charge on any atom is 0.204 e. The lowest BCUT2D eigenvalue weighted by molar-refractivity contribution is -0.119. The summed E-state index contributed by atoms with van der Waals surface area (Å²) < 4.78 is 12.3. The molecule has 3 rings (SSSR count). The summed E-state index contributed by atoms with van der Waals surface area (Å²) in [6.07, 6.45) is 12.0. The Morgan fingerprint density at radius 2 is 1.65 bits per heavy atom. The fraction of sp³-hybridized carbons (Fsp3) is 0.538. The molecule has 5 heteroatoms. The van der Waals surface area contributed by atoms with Crippen LogP contribution in [0.1, 0.15) is 91.5 Å². The van der Waals surface area contributed by atoms with Crippen molar-refractivity contribution in [2.45, 2.75) is 77.0 Å². The second kappa shape index (κ2) is 11.8. The summed E-state index contributed by atoms with van der Waals surface area (Å²) in [7, 11) is 0. The molecule has 0 spiro atoms. The summed E-state index contributed by atoms with van der Waals surface area (Å²) in [5.74, 6) is 1.63. The molecule has 1 aliphatic carbocycles. The highest BCUT2D eigenvalue weighted by atomic mass is 19.1. The number of carbonyl (C=O) groups excluding carboxylic acids is 2. The van der Waals surface area contributed by atoms with Crippen molar-refractivity contribution in [3.63, 3.8) is 0 Å². The van der Waals surface area contributed by atoms with Gasteiger partial charge in [0, 0.05) is 31.7 Å². The summed E-state index contributed by atoms with van der Waals surface area (Å²) in [4.78, 5) is 32.8. The van der Waals surface area contributed by atoms with Gasteiger partial charge in [-0.25, -0.2) is 9.97 Å². The van der Waals surface area contributed by atoms with Gasteiger partial charge < -0.3 is 0 Å². The summed E-state index contributed by atoms with van der Waals surface area (Å²) in [5.41, 5.74) is 3.11. The molecule has 0 radical (unpaired) electrons. The number of hydrogen-bond donors (Lipinski definition) is 0. The average molecular weight is 425 g/mol. The van der Waals surface area contributed by atoms with Crippen molar-refractivity contribution in [1.29, 1.82) is 0 Å². The fourth-order valence-corrected chi connectivity index (χ4v) is 4.38. The predicted molar refractivity (Wildman–Crippen MR) is 120 cm³/mol. The Morgan fingerprint density at radius 3 is 2.26 bits per heavy atom. The summed E-state index contributed by atoms with van der Waals surface area (Å²) >= 11 is 0. The van der Waals surface area contributed by atoms with Gasteiger partial charge in [-0.15, -0.1) is 0 Å². The lowest BCUT2D eigenvalue weighted by Gasteiger charge is -2.28. The zero-order valence-electron chi connectivity index (χ0n) is 18.5. The number of alkyl halides is 1. The van der Waals surface area contributed by atoms with E-state index in [0.29, 0.717) is 43.3 Å². The van der Waals surface area contributed by atoms with Crippen LogP contribution in [0.2, 0.25) is 0 Å². The molecule has 1 aliphatic rings. The average Bonchev–Trinajstić information content (AvgIpc) is 2.82. The van der Waals surface area contributed by atoms with Crippen LogP contribution in [0.5, 0.6) is 0 Å². The number of benzene rings is 1. The first kappa shape index (κ1) is 23.2. The van der Waals surface area contributed by atoms with Crippen molar-refractivity contribution in [1.82, 2.24) is 9.97 Å². The van der Waals surface area contributed by atoms with E-state index >= 15 is 0 Å². The number of aromatic nitrogens is 2. The van der Waals surface area contributed by atoms with Gasteiger partial charge in [-0.2, -0.15) is 0 Å². The number of carbonyl (C=O) groups is 2. The standard InChI is InChI=1S/C26H33FN2O2/c1-2-24(30)14-11-20-9-12-22(13-10-20)23-17-28-26(29-18-23)25(31)16-21-7-5-19(6-8-21)4-3-15-27/h5-8,17-18,20,22H,2-4,9-16H2,1H3/t20-,22-. The van der Waals surface area contributed by atoms with Crippen LogP contribution in [0.4, 0.5) is 4.39 Å². The summed E-state index contributed by atoms with van der Waals surface area (Å²) in [6.45, 7) is 1.62. The molecule has 0 N–H and O–H groups in total. The van der Waals surface area contributed by atoms with Gasteiger partial charge in [0.05, 0.1) is 6.67 Å². The first-order chi connectivity index (χ1) is 15.1. The number of aryl methyl sites for hydroxylation is 1. The smallest absolute Gasteiger partial charge is 0.204 e. The predicted octanol–water partition coefficient (Wildman–Crippen LogP) is 5.84. The van der Waals surface area contributed by atoms with Crippen LogP contribution in [0.25, 0.3) is 0 Å². The van der Waals surface area contributed by atoms with Crippen LogP contribution >= 0.6 is 0 Å². The molecule has 2 aromatic rings. The van der Waals surface area contributed by atoms with Gasteiger partial charge in [-0.05, 0) is 73.5 Å². The SMILES string of the molecule is CCC(=O)CC[C@H]1CC[C@H](c2cnc(C(=O)Cc3ccc(CCCF)cc3)nc2)CC1. The van der Waals surface area contributed by atoms with Crippen LogP contribution in [0.3, 0.4) is 0 Å². The molecule has 0 aliphatic heterocycles. The molecule has 1 aromatic carbocycles. The fourth-order valence-electron chi connectivity index (χ4n) is 4.38. The van der Waals surface area contributed by atoms with Crippen LogP contribution in [-0.4, -0.2) is 28.2 Å². The van der Waals surface area contributed by atoms with E-state index in [2.05, 4.69) is 9.97 Å². The summed E-state index contributed by atoms with van der Waals surface area (Å²) in [5, 5.41) is 0. The Balaban J connectivity index is 1.48. The molecule has 1 saturated carbocycles. The largest absolute Gasteiger partial charge is 0.300 e. The van der Waals surface area contributed by atoms with E-state index in [-0.39, 0.29) is 24.7 Å². The van der Waals surface area contributed by atoms with E-state index in [1.54, 1.807) is 0 Å². The maximum absolute atomic E-state index is 12.6. The highest BCUT2D eigenvalue weighted by Crippen LogP contribution is 2.37. The Bertz CT molecular complexity index is 841. The Kier molecular flexibility index (Phi) is 8.86. The highest BCUT2D eigenvalue weighted by molar-refractivity contribution is 5.94. The highest BCUT2D eigenvalue weighted by Gasteiger charge is 2.23. The Labute approximate surface area is 184 Å². The number of Topliss-reactive ketones (excluding diaryl/α,β-unsaturated/α-hetero) is 2. The molecule has 1 aromatic heterocycles. The molecule has 0 unspecified atom stereocenters. The number of ketones is 2. The number of nitrogens with zero attached hydrogens (tertiary/aromatic N) is 2. The zero-order chi connectivity index (χ0) is 22.1. The van der Waals surface area contributed by atoms with E-state index < -0.39 is 0 Å². The van der Waals surface area contributed by atoms with Crippen LogP contribution < -0.4 is 0 Å². The molecule has 31 heavy (non-hydrogen) atoms. The molecule has 0 amide bonds. The molecular formula is C26H33FN2O2. The number of halogens is 1. The number of hydrogen-bond acceptors (Lipinski definition) is 4. The first-order valence-electron chi connectivity index (χ1n) is 11.6. The van der Waals surface area contributed by atoms with Crippen molar-refractivity contribution in [3.05, 3.63) is 59.2 Å². The topological polar surface area (TPSA) is 59.9 Å². The molecule has 0 saturated heterocycles. The quantitative estimate of drug-likeness (QED) is 0.425. The Hall–Kier alpha value is -2.43. The van der Waals surface area contributed by atoms with Gasteiger partial charge in [0.2, 0.25) is 5.78 Å². The molecule has 1 fully saturated rings. The second-order valence-corrected chi connectivity index (χ2v) is 8.70. The molecule has 0 bridgehead atoms. The van der Waals surface area contributed by atoms with Gasteiger partial charge in [0.25, 0.3) is 0 Å². The normalized spacial score (nSPS) is 18.6. The minimum Gasteiger partial charge on any atom is -0.300 e. The maximum atomic E-state index is 12.6. The minimum atomic E-state index is -0.311. The van der Waals surface area contributed by atoms with Crippen molar-refractivity contribution in [3.8, 4) is 0 Å². The molecule has 0 atom stereocenters. The van der Waals surface area contributed by atoms with Crippen molar-refractivity contribution < 1.29 is 14.0 Å². The number of rotatable bonds is 11. The lowest BCUT2D eigenvalue weighted by Crippen LogP contribution is -2.16. The van der Waals surface area contributed by atoms with E-state index in [1.165, 1.54) is 0 Å². The van der Waals surface area contributed by atoms with E-state index in [1.807, 2.05) is 43.6 Å². The van der Waals surface area contributed by atoms with Gasteiger partial charge in [-0.3, -0.25) is 14.0 Å².